The quantitative estimate of drug-likeness (QED) is 0.312. The van der Waals surface area contributed by atoms with Gasteiger partial charge in [-0.1, -0.05) is 11.6 Å². The van der Waals surface area contributed by atoms with Crippen molar-refractivity contribution in [1.82, 2.24) is 25.1 Å². The highest BCUT2D eigenvalue weighted by Gasteiger charge is 2.59. The number of anilines is 1. The van der Waals surface area contributed by atoms with Crippen molar-refractivity contribution in [2.24, 2.45) is 5.73 Å². The van der Waals surface area contributed by atoms with Gasteiger partial charge in [-0.25, -0.2) is 13.8 Å². The Balaban J connectivity index is 1.24. The molecule has 5 N–H and O–H groups in total. The van der Waals surface area contributed by atoms with Crippen LogP contribution in [0.4, 0.5) is 27.6 Å². The third-order valence-electron chi connectivity index (χ3n) is 6.38. The molecule has 0 bridgehead atoms. The number of nitrogens with zero attached hydrogens (tertiary/aromatic N) is 3. The molecule has 38 heavy (non-hydrogen) atoms. The Morgan fingerprint density at radius 3 is 2.55 bits per heavy atom. The van der Waals surface area contributed by atoms with E-state index in [1.807, 2.05) is 0 Å². The Morgan fingerprint density at radius 2 is 1.95 bits per heavy atom. The molecule has 2 aliphatic rings. The van der Waals surface area contributed by atoms with E-state index in [2.05, 4.69) is 25.7 Å². The number of carbonyl (C=O) groups is 2. The van der Waals surface area contributed by atoms with Crippen molar-refractivity contribution in [3.63, 3.8) is 0 Å². The van der Waals surface area contributed by atoms with Crippen LogP contribution in [-0.4, -0.2) is 49.6 Å². The van der Waals surface area contributed by atoms with Crippen LogP contribution >= 0.6 is 11.6 Å². The summed E-state index contributed by atoms with van der Waals surface area (Å²) in [7, 11) is 0. The number of benzene rings is 1. The first-order valence-electron chi connectivity index (χ1n) is 11.5. The van der Waals surface area contributed by atoms with Gasteiger partial charge in [-0.15, -0.1) is 0 Å². The lowest BCUT2D eigenvalue weighted by Gasteiger charge is -2.12. The average Bonchev–Trinajstić information content (AvgIpc) is 3.53. The summed E-state index contributed by atoms with van der Waals surface area (Å²) in [5, 5.41) is 8.67. The number of amides is 2. The highest BCUT2D eigenvalue weighted by molar-refractivity contribution is 6.34. The van der Waals surface area contributed by atoms with Crippen LogP contribution in [0.5, 0.6) is 0 Å². The number of imidazole rings is 1. The summed E-state index contributed by atoms with van der Waals surface area (Å²) < 4.78 is 67.6. The molecule has 202 valence electrons. The average molecular weight is 558 g/mol. The van der Waals surface area contributed by atoms with Gasteiger partial charge in [0, 0.05) is 54.3 Å². The zero-order chi connectivity index (χ0) is 27.5. The van der Waals surface area contributed by atoms with Crippen LogP contribution in [-0.2, 0) is 12.6 Å². The van der Waals surface area contributed by atoms with Crippen molar-refractivity contribution in [3.8, 4) is 0 Å². The maximum absolute atomic E-state index is 13.4. The van der Waals surface area contributed by atoms with E-state index in [4.69, 9.17) is 17.3 Å². The molecular weight excluding hydrogens is 537 g/mol. The second kappa shape index (κ2) is 9.05. The molecule has 0 spiro atoms. The number of rotatable bonds is 8. The molecule has 0 saturated heterocycles. The summed E-state index contributed by atoms with van der Waals surface area (Å²) in [5.41, 5.74) is 4.55. The second-order valence-corrected chi connectivity index (χ2v) is 10.00. The smallest absolute Gasteiger partial charge is 0.350 e. The van der Waals surface area contributed by atoms with E-state index in [0.717, 1.165) is 19.0 Å². The minimum Gasteiger partial charge on any atom is -0.350 e. The number of nitrogens with one attached hydrogen (secondary N) is 3. The summed E-state index contributed by atoms with van der Waals surface area (Å²) in [6.07, 6.45) is -2.04. The van der Waals surface area contributed by atoms with Gasteiger partial charge in [0.25, 0.3) is 17.7 Å². The molecule has 0 radical (unpaired) electrons. The monoisotopic (exact) mass is 557 g/mol. The number of aromatic nitrogens is 4. The number of H-pyrrole nitrogens is 1. The maximum atomic E-state index is 13.4. The van der Waals surface area contributed by atoms with Gasteiger partial charge in [-0.2, -0.15) is 18.3 Å². The lowest BCUT2D eigenvalue weighted by molar-refractivity contribution is -0.142. The molecule has 5 rings (SSSR count). The SMILES string of the molecule is NC1(CNC(=O)c2ccc(NC(=O)c3ncc(Cc4cn([C@H]5CC5(F)F)nc4C(F)(F)F)[nH]3)cc2Cl)CC1. The molecule has 2 amide bonds. The predicted molar refractivity (Wildman–Crippen MR) is 125 cm³/mol. The lowest BCUT2D eigenvalue weighted by atomic mass is 10.1. The molecule has 1 aromatic carbocycles. The summed E-state index contributed by atoms with van der Waals surface area (Å²) in [6.45, 7) is 0.319. The van der Waals surface area contributed by atoms with Crippen LogP contribution in [0.1, 0.15) is 63.2 Å². The van der Waals surface area contributed by atoms with Gasteiger partial charge in [0.05, 0.1) is 10.6 Å². The molecule has 2 fully saturated rings. The van der Waals surface area contributed by atoms with E-state index in [9.17, 15) is 31.5 Å². The van der Waals surface area contributed by atoms with Crippen molar-refractivity contribution >= 4 is 29.1 Å². The summed E-state index contributed by atoms with van der Waals surface area (Å²) >= 11 is 6.20. The normalized spacial score (nSPS) is 19.2. The maximum Gasteiger partial charge on any atom is 0.435 e. The fraction of sp³-hybridized carbons (Fsp3) is 0.391. The first kappa shape index (κ1) is 26.1. The molecule has 1 atom stereocenters. The molecule has 15 heteroatoms. The minimum absolute atomic E-state index is 0.0836. The summed E-state index contributed by atoms with van der Waals surface area (Å²) in [4.78, 5) is 31.5. The highest BCUT2D eigenvalue weighted by atomic mass is 35.5. The minimum atomic E-state index is -4.85. The zero-order valence-electron chi connectivity index (χ0n) is 19.5. The zero-order valence-corrected chi connectivity index (χ0v) is 20.3. The number of halogens is 6. The fourth-order valence-corrected chi connectivity index (χ4v) is 4.14. The standard InChI is InChI=1S/C23H21ClF5N7O2/c24-15-6-12(1-2-14(15)19(37)32-10-21(30)3-4-21)34-20(38)18-31-8-13(33-18)5-11-9-36(16-7-22(16,25)26)35-17(11)23(27,28)29/h1-2,6,8-9,16H,3-5,7,10,30H2,(H,31,33)(H,32,37)(H,34,38)/t16-/m0/s1. The van der Waals surface area contributed by atoms with Crippen LogP contribution in [0.25, 0.3) is 0 Å². The van der Waals surface area contributed by atoms with E-state index >= 15 is 0 Å². The van der Waals surface area contributed by atoms with E-state index in [0.29, 0.717) is 11.2 Å². The van der Waals surface area contributed by atoms with Crippen molar-refractivity contribution in [2.75, 3.05) is 11.9 Å². The van der Waals surface area contributed by atoms with Gasteiger partial charge in [0.1, 0.15) is 6.04 Å². The van der Waals surface area contributed by atoms with E-state index < -0.39 is 42.1 Å². The summed E-state index contributed by atoms with van der Waals surface area (Å²) in [5.74, 6) is -4.43. The third kappa shape index (κ3) is 5.50. The number of hydrogen-bond donors (Lipinski definition) is 4. The molecule has 2 aliphatic carbocycles. The molecule has 3 aromatic rings. The number of alkyl halides is 5. The van der Waals surface area contributed by atoms with Gasteiger partial charge >= 0.3 is 6.18 Å². The number of aromatic amines is 1. The van der Waals surface area contributed by atoms with Crippen LogP contribution < -0.4 is 16.4 Å². The molecule has 2 heterocycles. The Hall–Kier alpha value is -3.52. The predicted octanol–water partition coefficient (Wildman–Crippen LogP) is 3.92. The van der Waals surface area contributed by atoms with Crippen molar-refractivity contribution in [3.05, 3.63) is 64.0 Å². The van der Waals surface area contributed by atoms with Crippen molar-refractivity contribution in [1.29, 1.82) is 0 Å². The van der Waals surface area contributed by atoms with Crippen molar-refractivity contribution < 1.29 is 31.5 Å². The summed E-state index contributed by atoms with van der Waals surface area (Å²) in [6, 6.07) is 2.83. The van der Waals surface area contributed by atoms with Gasteiger partial charge in [0.2, 0.25) is 0 Å². The van der Waals surface area contributed by atoms with E-state index in [-0.39, 0.29) is 45.3 Å². The molecule has 2 aromatic heterocycles. The highest BCUT2D eigenvalue weighted by Crippen LogP contribution is 2.52. The first-order chi connectivity index (χ1) is 17.7. The van der Waals surface area contributed by atoms with E-state index in [1.165, 1.54) is 24.4 Å². The van der Waals surface area contributed by atoms with Crippen molar-refractivity contribution in [2.45, 2.75) is 49.4 Å². The topological polar surface area (TPSA) is 131 Å². The van der Waals surface area contributed by atoms with E-state index in [1.54, 1.807) is 0 Å². The van der Waals surface area contributed by atoms with Gasteiger partial charge in [-0.3, -0.25) is 14.3 Å². The molecule has 0 aliphatic heterocycles. The molecule has 0 unspecified atom stereocenters. The Kier molecular flexibility index (Phi) is 6.21. The van der Waals surface area contributed by atoms with Crippen LogP contribution in [0.3, 0.4) is 0 Å². The second-order valence-electron chi connectivity index (χ2n) is 9.59. The van der Waals surface area contributed by atoms with Crippen LogP contribution in [0, 0.1) is 0 Å². The lowest BCUT2D eigenvalue weighted by Crippen LogP contribution is -2.39. The Bertz CT molecular complexity index is 1410. The molecule has 2 saturated carbocycles. The number of nitrogens with two attached hydrogens (primary N) is 1. The van der Waals surface area contributed by atoms with Gasteiger partial charge < -0.3 is 21.4 Å². The van der Waals surface area contributed by atoms with Crippen LogP contribution in [0.2, 0.25) is 5.02 Å². The largest absolute Gasteiger partial charge is 0.435 e. The van der Waals surface area contributed by atoms with Gasteiger partial charge in [0.15, 0.2) is 11.5 Å². The van der Waals surface area contributed by atoms with Crippen LogP contribution in [0.15, 0.2) is 30.6 Å². The third-order valence-corrected chi connectivity index (χ3v) is 6.69. The number of hydrogen-bond acceptors (Lipinski definition) is 5. The first-order valence-corrected chi connectivity index (χ1v) is 11.9. The Morgan fingerprint density at radius 1 is 1.24 bits per heavy atom. The fourth-order valence-electron chi connectivity index (χ4n) is 3.87. The molecular formula is C23H21ClF5N7O2. The van der Waals surface area contributed by atoms with Gasteiger partial charge in [-0.05, 0) is 31.0 Å². The Labute approximate surface area is 216 Å². The molecule has 9 nitrogen and oxygen atoms in total. The number of carbonyl (C=O) groups excluding carboxylic acids is 2.